The van der Waals surface area contributed by atoms with E-state index in [1.807, 2.05) is 0 Å². The predicted molar refractivity (Wildman–Crippen MR) is 62.1 cm³/mol. The lowest BCUT2D eigenvalue weighted by atomic mass is 10.4. The average molecular weight is 281 g/mol. The Kier molecular flexibility index (Phi) is 3.09. The molecule has 82 valence electrons. The Bertz CT molecular complexity index is 552. The van der Waals surface area contributed by atoms with Crippen LogP contribution < -0.4 is 5.56 Å². The van der Waals surface area contributed by atoms with Gasteiger partial charge in [-0.3, -0.25) is 9.36 Å². The molecule has 0 bridgehead atoms. The van der Waals surface area contributed by atoms with Gasteiger partial charge in [0, 0.05) is 18.6 Å². The van der Waals surface area contributed by atoms with E-state index in [1.54, 1.807) is 25.4 Å². The van der Waals surface area contributed by atoms with Crippen LogP contribution in [0, 0.1) is 6.92 Å². The summed E-state index contributed by atoms with van der Waals surface area (Å²) in [6.07, 6.45) is 4.79. The molecule has 0 N–H and O–H groups in total. The van der Waals surface area contributed by atoms with E-state index in [4.69, 9.17) is 0 Å². The summed E-state index contributed by atoms with van der Waals surface area (Å²) in [5.74, 6) is 1.23. The SMILES string of the molecule is Cc1ncc(Br)c(=O)n1Cc1ncccn1. The normalized spacial score (nSPS) is 10.4. The Balaban J connectivity index is 2.43. The Hall–Kier alpha value is -1.56. The highest BCUT2D eigenvalue weighted by Gasteiger charge is 2.06. The van der Waals surface area contributed by atoms with Crippen molar-refractivity contribution >= 4 is 15.9 Å². The monoisotopic (exact) mass is 280 g/mol. The summed E-state index contributed by atoms with van der Waals surface area (Å²) in [5.41, 5.74) is -0.125. The smallest absolute Gasteiger partial charge is 0.268 e. The highest BCUT2D eigenvalue weighted by atomic mass is 79.9. The van der Waals surface area contributed by atoms with Crippen molar-refractivity contribution in [2.75, 3.05) is 0 Å². The van der Waals surface area contributed by atoms with Gasteiger partial charge in [0.1, 0.15) is 16.1 Å². The van der Waals surface area contributed by atoms with Gasteiger partial charge >= 0.3 is 0 Å². The van der Waals surface area contributed by atoms with Crippen molar-refractivity contribution in [3.05, 3.63) is 51.1 Å². The maximum absolute atomic E-state index is 11.8. The Labute approximate surface area is 100 Å². The topological polar surface area (TPSA) is 60.7 Å². The molecule has 2 heterocycles. The lowest BCUT2D eigenvalue weighted by molar-refractivity contribution is 0.664. The zero-order valence-corrected chi connectivity index (χ0v) is 10.2. The van der Waals surface area contributed by atoms with Crippen LogP contribution in [0.4, 0.5) is 0 Å². The molecule has 6 heteroatoms. The number of aromatic nitrogens is 4. The van der Waals surface area contributed by atoms with Gasteiger partial charge < -0.3 is 0 Å². The fourth-order valence-corrected chi connectivity index (χ4v) is 1.61. The van der Waals surface area contributed by atoms with E-state index in [1.165, 1.54) is 10.8 Å². The molecule has 0 radical (unpaired) electrons. The molecule has 2 rings (SSSR count). The van der Waals surface area contributed by atoms with Crippen molar-refractivity contribution in [1.29, 1.82) is 0 Å². The van der Waals surface area contributed by atoms with Crippen molar-refractivity contribution in [1.82, 2.24) is 19.5 Å². The van der Waals surface area contributed by atoms with Gasteiger partial charge in [0.2, 0.25) is 0 Å². The molecule has 16 heavy (non-hydrogen) atoms. The third kappa shape index (κ3) is 2.16. The van der Waals surface area contributed by atoms with Gasteiger partial charge in [0.05, 0.1) is 6.54 Å². The first-order chi connectivity index (χ1) is 7.68. The Morgan fingerprint density at radius 2 is 2.00 bits per heavy atom. The minimum Gasteiger partial charge on any atom is -0.288 e. The van der Waals surface area contributed by atoms with Gasteiger partial charge in [-0.2, -0.15) is 0 Å². The van der Waals surface area contributed by atoms with E-state index in [-0.39, 0.29) is 5.56 Å². The maximum atomic E-state index is 11.8. The summed E-state index contributed by atoms with van der Waals surface area (Å²) < 4.78 is 1.97. The molecule has 0 fully saturated rings. The summed E-state index contributed by atoms with van der Waals surface area (Å²) in [6, 6.07) is 1.73. The molecule has 0 saturated heterocycles. The van der Waals surface area contributed by atoms with Crippen LogP contribution in [0.25, 0.3) is 0 Å². The zero-order valence-electron chi connectivity index (χ0n) is 8.59. The third-order valence-corrected chi connectivity index (χ3v) is 2.67. The van der Waals surface area contributed by atoms with Gasteiger partial charge in [0.15, 0.2) is 0 Å². The second-order valence-electron chi connectivity index (χ2n) is 3.21. The lowest BCUT2D eigenvalue weighted by Gasteiger charge is -2.07. The summed E-state index contributed by atoms with van der Waals surface area (Å²) >= 11 is 3.16. The number of halogens is 1. The van der Waals surface area contributed by atoms with Crippen molar-refractivity contribution in [3.8, 4) is 0 Å². The molecular weight excluding hydrogens is 272 g/mol. The Morgan fingerprint density at radius 3 is 2.69 bits per heavy atom. The first-order valence-electron chi connectivity index (χ1n) is 4.66. The van der Waals surface area contributed by atoms with E-state index in [2.05, 4.69) is 30.9 Å². The van der Waals surface area contributed by atoms with Crippen LogP contribution in [0.3, 0.4) is 0 Å². The molecule has 0 aliphatic rings. The van der Waals surface area contributed by atoms with Crippen LogP contribution >= 0.6 is 15.9 Å². The van der Waals surface area contributed by atoms with E-state index in [0.717, 1.165) is 0 Å². The number of aryl methyl sites for hydroxylation is 1. The summed E-state index contributed by atoms with van der Waals surface area (Å²) in [4.78, 5) is 24.1. The predicted octanol–water partition coefficient (Wildman–Crippen LogP) is 1.15. The molecule has 2 aromatic heterocycles. The largest absolute Gasteiger partial charge is 0.288 e. The van der Waals surface area contributed by atoms with E-state index < -0.39 is 0 Å². The molecule has 0 amide bonds. The standard InChI is InChI=1S/C10H9BrN4O/c1-7-14-5-8(11)10(16)15(7)6-9-12-3-2-4-13-9/h2-5H,6H2,1H3. The number of nitrogens with zero attached hydrogens (tertiary/aromatic N) is 4. The average Bonchev–Trinajstić information content (AvgIpc) is 2.31. The molecule has 0 saturated carbocycles. The quantitative estimate of drug-likeness (QED) is 0.828. The molecule has 0 unspecified atom stereocenters. The first-order valence-corrected chi connectivity index (χ1v) is 5.45. The van der Waals surface area contributed by atoms with E-state index in [0.29, 0.717) is 22.7 Å². The van der Waals surface area contributed by atoms with Gasteiger partial charge in [-0.1, -0.05) is 0 Å². The fraction of sp³-hybridized carbons (Fsp3) is 0.200. The van der Waals surface area contributed by atoms with Crippen molar-refractivity contribution in [2.45, 2.75) is 13.5 Å². The number of hydrogen-bond acceptors (Lipinski definition) is 4. The highest BCUT2D eigenvalue weighted by Crippen LogP contribution is 2.02. The molecule has 0 atom stereocenters. The number of rotatable bonds is 2. The highest BCUT2D eigenvalue weighted by molar-refractivity contribution is 9.10. The van der Waals surface area contributed by atoms with Gasteiger partial charge in [-0.15, -0.1) is 0 Å². The summed E-state index contributed by atoms with van der Waals surface area (Å²) in [7, 11) is 0. The Morgan fingerprint density at radius 1 is 1.31 bits per heavy atom. The summed E-state index contributed by atoms with van der Waals surface area (Å²) in [5, 5.41) is 0. The van der Waals surface area contributed by atoms with Crippen LogP contribution in [0.2, 0.25) is 0 Å². The van der Waals surface area contributed by atoms with Crippen molar-refractivity contribution in [2.24, 2.45) is 0 Å². The van der Waals surface area contributed by atoms with E-state index in [9.17, 15) is 4.79 Å². The molecule has 2 aromatic rings. The number of hydrogen-bond donors (Lipinski definition) is 0. The fourth-order valence-electron chi connectivity index (χ4n) is 1.29. The van der Waals surface area contributed by atoms with Crippen LogP contribution in [-0.4, -0.2) is 19.5 Å². The zero-order chi connectivity index (χ0) is 11.5. The van der Waals surface area contributed by atoms with Crippen LogP contribution in [0.1, 0.15) is 11.6 Å². The summed E-state index contributed by atoms with van der Waals surface area (Å²) in [6.45, 7) is 2.11. The lowest BCUT2D eigenvalue weighted by Crippen LogP contribution is -2.25. The molecule has 0 spiro atoms. The first kappa shape index (κ1) is 10.9. The molecular formula is C10H9BrN4O. The van der Waals surface area contributed by atoms with Gasteiger partial charge in [-0.05, 0) is 28.9 Å². The minimum absolute atomic E-state index is 0.125. The molecule has 0 aliphatic heterocycles. The van der Waals surface area contributed by atoms with Gasteiger partial charge in [0.25, 0.3) is 5.56 Å². The van der Waals surface area contributed by atoms with E-state index >= 15 is 0 Å². The van der Waals surface area contributed by atoms with Crippen LogP contribution in [0.5, 0.6) is 0 Å². The van der Waals surface area contributed by atoms with Gasteiger partial charge in [-0.25, -0.2) is 15.0 Å². The van der Waals surface area contributed by atoms with Crippen molar-refractivity contribution < 1.29 is 0 Å². The van der Waals surface area contributed by atoms with Crippen LogP contribution in [0.15, 0.2) is 33.9 Å². The minimum atomic E-state index is -0.125. The second-order valence-corrected chi connectivity index (χ2v) is 4.06. The molecule has 5 nitrogen and oxygen atoms in total. The molecule has 0 aromatic carbocycles. The third-order valence-electron chi connectivity index (χ3n) is 2.12. The maximum Gasteiger partial charge on any atom is 0.268 e. The molecule has 0 aliphatic carbocycles. The van der Waals surface area contributed by atoms with Crippen LogP contribution in [-0.2, 0) is 6.54 Å². The second kappa shape index (κ2) is 4.52. The van der Waals surface area contributed by atoms with Crippen molar-refractivity contribution in [3.63, 3.8) is 0 Å².